The van der Waals surface area contributed by atoms with Crippen LogP contribution in [0.4, 0.5) is 4.79 Å². The molecule has 0 aromatic heterocycles. The molecular formula is C17H21NO8. The van der Waals surface area contributed by atoms with Gasteiger partial charge in [-0.1, -0.05) is 6.07 Å². The zero-order valence-corrected chi connectivity index (χ0v) is 14.9. The molecule has 9 nitrogen and oxygen atoms in total. The molecule has 1 aromatic carbocycles. The number of alkyl carbamates (subject to hydrolysis) is 1. The molecule has 9 heteroatoms. The lowest BCUT2D eigenvalue weighted by atomic mass is 10.1. The molecule has 0 bridgehead atoms. The average molecular weight is 367 g/mol. The summed E-state index contributed by atoms with van der Waals surface area (Å²) in [5.41, 5.74) is 0.0852. The Hall–Kier alpha value is -2.97. The third-order valence-electron chi connectivity index (χ3n) is 3.38. The Kier molecular flexibility index (Phi) is 5.02. The van der Waals surface area contributed by atoms with E-state index in [1.54, 1.807) is 33.8 Å². The maximum atomic E-state index is 11.8. The van der Waals surface area contributed by atoms with Gasteiger partial charge in [-0.05, 0) is 51.8 Å². The highest BCUT2D eigenvalue weighted by molar-refractivity contribution is 6.01. The Balaban J connectivity index is 2.06. The van der Waals surface area contributed by atoms with Gasteiger partial charge in [-0.15, -0.1) is 0 Å². The van der Waals surface area contributed by atoms with E-state index >= 15 is 0 Å². The summed E-state index contributed by atoms with van der Waals surface area (Å²) in [5.74, 6) is -6.28. The first kappa shape index (κ1) is 19.4. The number of benzene rings is 1. The average Bonchev–Trinajstić information content (AvgIpc) is 2.84. The van der Waals surface area contributed by atoms with E-state index in [4.69, 9.17) is 24.4 Å². The molecule has 0 saturated heterocycles. The van der Waals surface area contributed by atoms with Crippen LogP contribution in [0.3, 0.4) is 0 Å². The number of carbonyl (C=O) groups excluding carboxylic acids is 1. The van der Waals surface area contributed by atoms with E-state index in [0.717, 1.165) is 0 Å². The number of carboxylic acid groups (broad SMARTS) is 2. The molecule has 1 atom stereocenters. The molecule has 0 unspecified atom stereocenters. The Bertz CT molecular complexity index is 723. The first-order valence-corrected chi connectivity index (χ1v) is 7.90. The second kappa shape index (κ2) is 6.74. The molecule has 0 saturated carbocycles. The first-order valence-electron chi connectivity index (χ1n) is 7.90. The van der Waals surface area contributed by atoms with Crippen molar-refractivity contribution < 1.29 is 38.8 Å². The molecule has 0 radical (unpaired) electrons. The Morgan fingerprint density at radius 2 is 1.73 bits per heavy atom. The van der Waals surface area contributed by atoms with Crippen LogP contribution in [-0.2, 0) is 20.7 Å². The van der Waals surface area contributed by atoms with Crippen molar-refractivity contribution in [3.05, 3.63) is 23.8 Å². The van der Waals surface area contributed by atoms with E-state index in [1.807, 2.05) is 0 Å². The topological polar surface area (TPSA) is 131 Å². The lowest BCUT2D eigenvalue weighted by molar-refractivity contribution is -0.194. The molecule has 142 valence electrons. The molecule has 26 heavy (non-hydrogen) atoms. The summed E-state index contributed by atoms with van der Waals surface area (Å²) in [5, 5.41) is 20.9. The van der Waals surface area contributed by atoms with Crippen molar-refractivity contribution in [3.63, 3.8) is 0 Å². The number of hydrogen-bond acceptors (Lipinski definition) is 6. The Morgan fingerprint density at radius 3 is 2.27 bits per heavy atom. The van der Waals surface area contributed by atoms with Gasteiger partial charge in [0.2, 0.25) is 0 Å². The van der Waals surface area contributed by atoms with Crippen molar-refractivity contribution in [3.8, 4) is 11.5 Å². The number of hydrogen-bond donors (Lipinski definition) is 3. The minimum atomic E-state index is -2.79. The molecule has 1 aliphatic heterocycles. The van der Waals surface area contributed by atoms with Gasteiger partial charge in [0.1, 0.15) is 5.60 Å². The number of rotatable bonds is 5. The second-order valence-corrected chi connectivity index (χ2v) is 6.96. The normalized spacial score (nSPS) is 15.8. The van der Waals surface area contributed by atoms with Crippen LogP contribution in [0, 0.1) is 0 Å². The van der Waals surface area contributed by atoms with Crippen molar-refractivity contribution in [1.29, 1.82) is 0 Å². The number of ether oxygens (including phenoxy) is 3. The van der Waals surface area contributed by atoms with Crippen molar-refractivity contribution in [1.82, 2.24) is 5.32 Å². The fourth-order valence-corrected chi connectivity index (χ4v) is 2.35. The van der Waals surface area contributed by atoms with Crippen LogP contribution in [0.5, 0.6) is 11.5 Å². The molecule has 0 fully saturated rings. The van der Waals surface area contributed by atoms with E-state index < -0.39 is 29.4 Å². The molecule has 3 N–H and O–H groups in total. The van der Waals surface area contributed by atoms with E-state index in [2.05, 4.69) is 5.32 Å². The van der Waals surface area contributed by atoms with E-state index in [1.165, 1.54) is 12.1 Å². The van der Waals surface area contributed by atoms with Gasteiger partial charge in [-0.3, -0.25) is 0 Å². The van der Waals surface area contributed by atoms with Gasteiger partial charge in [0.05, 0.1) is 0 Å². The standard InChI is InChI=1S/C17H21NO8/c1-9(18-15(23)26-16(2,3)4)7-10-5-6-11-12(8-10)25-17(24-11,13(19)20)14(21)22/h5-6,8-9H,7H2,1-4H3,(H,18,23)(H,19,20)(H,21,22)/t9-/m1/s1. The highest BCUT2D eigenvalue weighted by atomic mass is 16.8. The summed E-state index contributed by atoms with van der Waals surface area (Å²) in [6.45, 7) is 7.04. The van der Waals surface area contributed by atoms with Crippen LogP contribution >= 0.6 is 0 Å². The molecule has 2 rings (SSSR count). The van der Waals surface area contributed by atoms with E-state index in [9.17, 15) is 14.4 Å². The highest BCUT2D eigenvalue weighted by Gasteiger charge is 2.57. The van der Waals surface area contributed by atoms with Gasteiger partial charge in [0.25, 0.3) is 0 Å². The third-order valence-corrected chi connectivity index (χ3v) is 3.38. The van der Waals surface area contributed by atoms with Gasteiger partial charge >= 0.3 is 23.8 Å². The van der Waals surface area contributed by atoms with Crippen molar-refractivity contribution >= 4 is 18.0 Å². The predicted molar refractivity (Wildman–Crippen MR) is 88.2 cm³/mol. The quantitative estimate of drug-likeness (QED) is 0.671. The summed E-state index contributed by atoms with van der Waals surface area (Å²) in [4.78, 5) is 34.3. The maximum Gasteiger partial charge on any atom is 0.453 e. The van der Waals surface area contributed by atoms with Crippen LogP contribution in [-0.4, -0.2) is 45.7 Å². The summed E-state index contributed by atoms with van der Waals surface area (Å²) >= 11 is 0. The maximum absolute atomic E-state index is 11.8. The van der Waals surface area contributed by atoms with Crippen LogP contribution in [0.15, 0.2) is 18.2 Å². The lowest BCUT2D eigenvalue weighted by Crippen LogP contribution is -2.54. The lowest BCUT2D eigenvalue weighted by Gasteiger charge is -2.22. The number of carboxylic acids is 2. The SMILES string of the molecule is C[C@H](Cc1ccc2c(c1)OC(C(=O)O)(C(=O)O)O2)NC(=O)OC(C)(C)C. The molecule has 1 aliphatic rings. The largest absolute Gasteiger partial charge is 0.475 e. The zero-order valence-electron chi connectivity index (χ0n) is 14.9. The summed E-state index contributed by atoms with van der Waals surface area (Å²) in [6.07, 6.45) is -0.162. The van der Waals surface area contributed by atoms with Crippen LogP contribution in [0.25, 0.3) is 0 Å². The molecule has 1 heterocycles. The second-order valence-electron chi connectivity index (χ2n) is 6.96. The van der Waals surface area contributed by atoms with Gasteiger partial charge in [-0.25, -0.2) is 14.4 Å². The minimum Gasteiger partial charge on any atom is -0.475 e. The highest BCUT2D eigenvalue weighted by Crippen LogP contribution is 2.40. The van der Waals surface area contributed by atoms with Crippen molar-refractivity contribution in [2.75, 3.05) is 0 Å². The van der Waals surface area contributed by atoms with Gasteiger partial charge < -0.3 is 29.7 Å². The van der Waals surface area contributed by atoms with Crippen LogP contribution < -0.4 is 14.8 Å². The minimum absolute atomic E-state index is 0.0109. The van der Waals surface area contributed by atoms with E-state index in [0.29, 0.717) is 12.0 Å². The predicted octanol–water partition coefficient (Wildman–Crippen LogP) is 1.78. The fourth-order valence-electron chi connectivity index (χ4n) is 2.35. The van der Waals surface area contributed by atoms with Gasteiger partial charge in [0, 0.05) is 6.04 Å². The molecule has 0 aliphatic carbocycles. The number of aliphatic carboxylic acids is 2. The monoisotopic (exact) mass is 367 g/mol. The van der Waals surface area contributed by atoms with Gasteiger partial charge in [0.15, 0.2) is 11.5 Å². The van der Waals surface area contributed by atoms with Crippen LogP contribution in [0.1, 0.15) is 33.3 Å². The molecule has 0 spiro atoms. The fraction of sp³-hybridized carbons (Fsp3) is 0.471. The van der Waals surface area contributed by atoms with E-state index in [-0.39, 0.29) is 17.5 Å². The summed E-state index contributed by atoms with van der Waals surface area (Å²) < 4.78 is 15.2. The van der Waals surface area contributed by atoms with Crippen molar-refractivity contribution in [2.45, 2.75) is 51.5 Å². The first-order chi connectivity index (χ1) is 11.9. The number of carbonyl (C=O) groups is 3. The smallest absolute Gasteiger partial charge is 0.453 e. The number of amides is 1. The number of nitrogens with one attached hydrogen (secondary N) is 1. The molecular weight excluding hydrogens is 346 g/mol. The van der Waals surface area contributed by atoms with Crippen molar-refractivity contribution in [2.24, 2.45) is 0 Å². The molecule has 1 amide bonds. The molecule has 1 aromatic rings. The van der Waals surface area contributed by atoms with Crippen LogP contribution in [0.2, 0.25) is 0 Å². The Morgan fingerprint density at radius 1 is 1.15 bits per heavy atom. The summed E-state index contributed by atoms with van der Waals surface area (Å²) in [6, 6.07) is 4.26. The zero-order chi connectivity index (χ0) is 19.7. The Labute approximate surface area is 149 Å². The third kappa shape index (κ3) is 4.16. The van der Waals surface area contributed by atoms with Gasteiger partial charge in [-0.2, -0.15) is 0 Å². The number of fused-ring (bicyclic) bond motifs is 1. The summed E-state index contributed by atoms with van der Waals surface area (Å²) in [7, 11) is 0.